The molecule has 0 atom stereocenters. The van der Waals surface area contributed by atoms with Gasteiger partial charge < -0.3 is 19.4 Å². The van der Waals surface area contributed by atoms with Crippen LogP contribution in [0.3, 0.4) is 0 Å². The van der Waals surface area contributed by atoms with E-state index in [1.807, 2.05) is 57.2 Å². The number of carbonyl (C=O) groups excluding carboxylic acids is 2. The number of benzene rings is 2. The summed E-state index contributed by atoms with van der Waals surface area (Å²) in [6.45, 7) is 14.7. The zero-order valence-electron chi connectivity index (χ0n) is 21.5. The first-order chi connectivity index (χ1) is 16.4. The molecule has 0 unspecified atom stereocenters. The highest BCUT2D eigenvalue weighted by Gasteiger charge is 2.25. The molecule has 35 heavy (non-hydrogen) atoms. The van der Waals surface area contributed by atoms with Gasteiger partial charge >= 0.3 is 12.1 Å². The fourth-order valence-electron chi connectivity index (χ4n) is 3.58. The normalized spacial score (nSPS) is 14.7. The van der Waals surface area contributed by atoms with Crippen LogP contribution in [0, 0.1) is 0 Å². The van der Waals surface area contributed by atoms with Gasteiger partial charge in [-0.1, -0.05) is 45.0 Å². The minimum atomic E-state index is -0.497. The van der Waals surface area contributed by atoms with Gasteiger partial charge in [-0.25, -0.2) is 9.59 Å². The minimum Gasteiger partial charge on any atom is -0.444 e. The van der Waals surface area contributed by atoms with Gasteiger partial charge in [0.1, 0.15) is 5.60 Å². The molecule has 2 aromatic carbocycles. The van der Waals surface area contributed by atoms with Crippen molar-refractivity contribution in [2.75, 3.05) is 31.1 Å². The number of nitrogens with zero attached hydrogens (tertiary/aromatic N) is 3. The average molecular weight is 481 g/mol. The third-order valence-corrected chi connectivity index (χ3v) is 5.58. The highest BCUT2D eigenvalue weighted by Crippen LogP contribution is 2.22. The van der Waals surface area contributed by atoms with E-state index in [0.29, 0.717) is 18.7 Å². The number of ether oxygens (including phenoxy) is 1. The zero-order valence-corrected chi connectivity index (χ0v) is 21.5. The summed E-state index contributed by atoms with van der Waals surface area (Å²) in [6, 6.07) is 15.3. The van der Waals surface area contributed by atoms with Crippen LogP contribution >= 0.6 is 0 Å². The van der Waals surface area contributed by atoms with E-state index in [1.54, 1.807) is 23.2 Å². The molecule has 0 saturated carbocycles. The van der Waals surface area contributed by atoms with Gasteiger partial charge in [-0.05, 0) is 61.6 Å². The molecule has 1 amide bonds. The van der Waals surface area contributed by atoms with Crippen molar-refractivity contribution >= 4 is 24.0 Å². The average Bonchev–Trinajstić information content (AvgIpc) is 2.80. The number of amides is 1. The molecule has 0 aromatic heterocycles. The lowest BCUT2D eigenvalue weighted by atomic mass is 9.87. The number of hydrazone groups is 1. The van der Waals surface area contributed by atoms with Gasteiger partial charge in [0.05, 0.1) is 11.8 Å². The monoisotopic (exact) mass is 480 g/mol. The Balaban J connectivity index is 1.44. The molecule has 2 aromatic rings. The van der Waals surface area contributed by atoms with Crippen LogP contribution in [-0.4, -0.2) is 55.0 Å². The van der Waals surface area contributed by atoms with E-state index in [-0.39, 0.29) is 11.5 Å². The summed E-state index contributed by atoms with van der Waals surface area (Å²) in [5.41, 5.74) is 5.42. The Bertz CT molecular complexity index is 1030. The summed E-state index contributed by atoms with van der Waals surface area (Å²) in [7, 11) is 0. The number of anilines is 1. The summed E-state index contributed by atoms with van der Waals surface area (Å²) in [5.74, 6) is -0.497. The number of carbonyl (C=O) groups is 2. The molecule has 1 aliphatic rings. The number of nitrogens with one attached hydrogen (secondary N) is 1. The first-order valence-electron chi connectivity index (χ1n) is 11.9. The molecule has 8 heteroatoms. The lowest BCUT2D eigenvalue weighted by Gasteiger charge is -2.36. The van der Waals surface area contributed by atoms with Crippen molar-refractivity contribution < 1.29 is 19.2 Å². The van der Waals surface area contributed by atoms with E-state index in [1.165, 1.54) is 0 Å². The Hall–Kier alpha value is -3.55. The Labute approximate surface area is 207 Å². The predicted molar refractivity (Wildman–Crippen MR) is 138 cm³/mol. The summed E-state index contributed by atoms with van der Waals surface area (Å²) >= 11 is 0. The van der Waals surface area contributed by atoms with Crippen molar-refractivity contribution in [1.29, 1.82) is 0 Å². The summed E-state index contributed by atoms with van der Waals surface area (Å²) in [5, 5.41) is 3.97. The molecule has 3 rings (SSSR count). The maximum absolute atomic E-state index is 12.2. The van der Waals surface area contributed by atoms with Crippen LogP contribution in [-0.2, 0) is 15.0 Å². The predicted octanol–water partition coefficient (Wildman–Crippen LogP) is 4.74. The molecule has 1 fully saturated rings. The van der Waals surface area contributed by atoms with Gasteiger partial charge in [0, 0.05) is 31.9 Å². The highest BCUT2D eigenvalue weighted by molar-refractivity contribution is 5.89. The molecule has 1 N–H and O–H groups in total. The van der Waals surface area contributed by atoms with E-state index >= 15 is 0 Å². The molecule has 0 spiro atoms. The molecule has 1 heterocycles. The SMILES string of the molecule is CC(C)(C)OC(=O)N1CCN(c2ccc(/C=N/NOC(=O)c3ccc(C(C)(C)C)cc3)cc2)CC1. The van der Waals surface area contributed by atoms with E-state index in [2.05, 4.69) is 36.4 Å². The molecular weight excluding hydrogens is 444 g/mol. The van der Waals surface area contributed by atoms with Crippen molar-refractivity contribution in [1.82, 2.24) is 10.5 Å². The van der Waals surface area contributed by atoms with Crippen LogP contribution in [0.4, 0.5) is 10.5 Å². The third kappa shape index (κ3) is 7.73. The Morgan fingerprint density at radius 1 is 0.886 bits per heavy atom. The third-order valence-electron chi connectivity index (χ3n) is 5.58. The van der Waals surface area contributed by atoms with Gasteiger partial charge in [-0.15, -0.1) is 5.59 Å². The Morgan fingerprint density at radius 3 is 2.03 bits per heavy atom. The number of piperazine rings is 1. The van der Waals surface area contributed by atoms with Crippen LogP contribution in [0.25, 0.3) is 0 Å². The van der Waals surface area contributed by atoms with Crippen LogP contribution in [0.5, 0.6) is 0 Å². The van der Waals surface area contributed by atoms with E-state index in [4.69, 9.17) is 9.57 Å². The Kier molecular flexibility index (Phi) is 8.04. The standard InChI is InChI=1S/C27H36N4O4/c1-26(2,3)22-11-9-21(10-12-22)24(32)35-29-28-19-20-7-13-23(14-8-20)30-15-17-31(18-16-30)25(33)34-27(4,5)6/h7-14,19,29H,15-18H2,1-6H3/b28-19+. The second-order valence-corrected chi connectivity index (χ2v) is 10.6. The molecule has 0 bridgehead atoms. The van der Waals surface area contributed by atoms with Crippen LogP contribution in [0.2, 0.25) is 0 Å². The van der Waals surface area contributed by atoms with Crippen molar-refractivity contribution in [3.63, 3.8) is 0 Å². The molecule has 1 saturated heterocycles. The zero-order chi connectivity index (χ0) is 25.6. The topological polar surface area (TPSA) is 83.5 Å². The van der Waals surface area contributed by atoms with Gasteiger partial charge in [0.25, 0.3) is 0 Å². The first-order valence-corrected chi connectivity index (χ1v) is 11.9. The maximum Gasteiger partial charge on any atom is 0.410 e. The van der Waals surface area contributed by atoms with Crippen LogP contribution in [0.15, 0.2) is 53.6 Å². The van der Waals surface area contributed by atoms with Crippen molar-refractivity contribution in [2.24, 2.45) is 5.10 Å². The fourth-order valence-corrected chi connectivity index (χ4v) is 3.58. The summed E-state index contributed by atoms with van der Waals surface area (Å²) in [4.78, 5) is 33.4. The summed E-state index contributed by atoms with van der Waals surface area (Å²) in [6.07, 6.45) is 1.32. The van der Waals surface area contributed by atoms with Crippen molar-refractivity contribution in [3.8, 4) is 0 Å². The molecular formula is C27H36N4O4. The molecule has 0 radical (unpaired) electrons. The largest absolute Gasteiger partial charge is 0.444 e. The lowest BCUT2D eigenvalue weighted by molar-refractivity contribution is 0.0237. The maximum atomic E-state index is 12.2. The van der Waals surface area contributed by atoms with Gasteiger partial charge in [-0.2, -0.15) is 5.10 Å². The quantitative estimate of drug-likeness (QED) is 0.492. The van der Waals surface area contributed by atoms with Gasteiger partial charge in [0.2, 0.25) is 0 Å². The molecule has 1 aliphatic heterocycles. The van der Waals surface area contributed by atoms with Crippen molar-refractivity contribution in [3.05, 3.63) is 65.2 Å². The van der Waals surface area contributed by atoms with E-state index in [9.17, 15) is 9.59 Å². The second kappa shape index (κ2) is 10.8. The minimum absolute atomic E-state index is 0.0228. The first kappa shape index (κ1) is 26.1. The van der Waals surface area contributed by atoms with Crippen LogP contribution in [0.1, 0.15) is 63.0 Å². The molecule has 0 aliphatic carbocycles. The number of hydrogen-bond donors (Lipinski definition) is 1. The van der Waals surface area contributed by atoms with E-state index < -0.39 is 11.6 Å². The fraction of sp³-hybridized carbons (Fsp3) is 0.444. The van der Waals surface area contributed by atoms with E-state index in [0.717, 1.165) is 29.9 Å². The lowest BCUT2D eigenvalue weighted by Crippen LogP contribution is -2.50. The molecule has 188 valence electrons. The summed E-state index contributed by atoms with van der Waals surface area (Å²) < 4.78 is 5.45. The number of rotatable bonds is 5. The van der Waals surface area contributed by atoms with Crippen molar-refractivity contribution in [2.45, 2.75) is 52.6 Å². The van der Waals surface area contributed by atoms with Crippen LogP contribution < -0.4 is 10.5 Å². The van der Waals surface area contributed by atoms with Gasteiger partial charge in [-0.3, -0.25) is 0 Å². The smallest absolute Gasteiger partial charge is 0.410 e. The highest BCUT2D eigenvalue weighted by atomic mass is 16.7. The van der Waals surface area contributed by atoms with Gasteiger partial charge in [0.15, 0.2) is 0 Å². The second-order valence-electron chi connectivity index (χ2n) is 10.6. The molecule has 8 nitrogen and oxygen atoms in total. The number of hydrogen-bond acceptors (Lipinski definition) is 7. The Morgan fingerprint density at radius 2 is 1.49 bits per heavy atom.